The van der Waals surface area contributed by atoms with Gasteiger partial charge in [-0.1, -0.05) is 25.5 Å². The van der Waals surface area contributed by atoms with E-state index in [0.29, 0.717) is 6.42 Å². The fraction of sp³-hybridized carbons (Fsp3) is 0.448. The van der Waals surface area contributed by atoms with Gasteiger partial charge < -0.3 is 34.7 Å². The number of carbonyl (C=O) groups is 4. The Morgan fingerprint density at radius 1 is 0.783 bits per heavy atom. The van der Waals surface area contributed by atoms with Crippen molar-refractivity contribution >= 4 is 29.4 Å². The molecular formula is C29H39N5O12. The van der Waals surface area contributed by atoms with Gasteiger partial charge in [0.2, 0.25) is 0 Å². The lowest BCUT2D eigenvalue weighted by molar-refractivity contribution is -0.757. The first-order valence-corrected chi connectivity index (χ1v) is 14.4. The minimum atomic E-state index is -0.935. The van der Waals surface area contributed by atoms with Gasteiger partial charge >= 0.3 is 11.9 Å². The highest BCUT2D eigenvalue weighted by Gasteiger charge is 2.17. The fourth-order valence-corrected chi connectivity index (χ4v) is 3.72. The molecule has 2 rings (SSSR count). The van der Waals surface area contributed by atoms with Crippen LogP contribution in [0.3, 0.4) is 0 Å². The molecular weight excluding hydrogens is 610 g/mol. The number of anilines is 1. The molecule has 0 heterocycles. The molecule has 0 bridgehead atoms. The highest BCUT2D eigenvalue weighted by Crippen LogP contribution is 2.26. The van der Waals surface area contributed by atoms with Crippen LogP contribution in [0.4, 0.5) is 5.69 Å². The van der Waals surface area contributed by atoms with Gasteiger partial charge in [-0.15, -0.1) is 20.2 Å². The van der Waals surface area contributed by atoms with Crippen LogP contribution < -0.4 is 25.0 Å². The minimum absolute atomic E-state index is 0.0298. The summed E-state index contributed by atoms with van der Waals surface area (Å²) in [6.45, 7) is 8.12. The van der Waals surface area contributed by atoms with Gasteiger partial charge in [0, 0.05) is 51.3 Å². The van der Waals surface area contributed by atoms with Crippen LogP contribution in [-0.2, 0) is 19.3 Å². The number of hydrogen-bond acceptors (Lipinski definition) is 13. The first kappa shape index (κ1) is 38.5. The van der Waals surface area contributed by atoms with Crippen molar-refractivity contribution < 1.29 is 48.5 Å². The second-order valence-corrected chi connectivity index (χ2v) is 9.15. The van der Waals surface area contributed by atoms with Gasteiger partial charge in [-0.05, 0) is 44.5 Å². The Morgan fingerprint density at radius 3 is 1.83 bits per heavy atom. The number of hydrogen-bond donors (Lipinski definition) is 2. The van der Waals surface area contributed by atoms with E-state index in [2.05, 4.69) is 20.3 Å². The lowest BCUT2D eigenvalue weighted by atomic mass is 10.1. The van der Waals surface area contributed by atoms with Crippen LogP contribution in [-0.4, -0.2) is 73.3 Å². The van der Waals surface area contributed by atoms with Crippen molar-refractivity contribution in [3.05, 3.63) is 73.8 Å². The van der Waals surface area contributed by atoms with Gasteiger partial charge in [0.05, 0.1) is 11.1 Å². The van der Waals surface area contributed by atoms with E-state index < -0.39 is 33.9 Å². The molecule has 0 saturated heterocycles. The lowest BCUT2D eigenvalue weighted by Crippen LogP contribution is -2.29. The lowest BCUT2D eigenvalue weighted by Gasteiger charge is -2.22. The van der Waals surface area contributed by atoms with Crippen molar-refractivity contribution in [2.75, 3.05) is 44.3 Å². The van der Waals surface area contributed by atoms with Crippen LogP contribution in [0.15, 0.2) is 42.5 Å². The standard InChI is InChI=1S/C15H21N3O6.C14H18N2O6/c1-4-17(5-2)12-6-7-13(14(10-12)24-11(3)19)15(20)16-8-9-23-18(21)22;1-2-3-8-13(17)22-12-7-5-4-6-11(12)14(18)15-9-10-21-16(19)20/h6-7,10H,4-5,8-9H2,1-3H3,(H,16,20);4-7H,2-3,8-10H2,1H3,(H,15,18). The second-order valence-electron chi connectivity index (χ2n) is 9.15. The van der Waals surface area contributed by atoms with E-state index in [9.17, 15) is 39.4 Å². The van der Waals surface area contributed by atoms with Crippen LogP contribution in [0.1, 0.15) is 67.7 Å². The normalized spacial score (nSPS) is 9.91. The number of nitrogens with one attached hydrogen (secondary N) is 2. The van der Waals surface area contributed by atoms with E-state index in [1.54, 1.807) is 30.3 Å². The van der Waals surface area contributed by atoms with E-state index in [0.717, 1.165) is 25.2 Å². The monoisotopic (exact) mass is 649 g/mol. The molecule has 2 N–H and O–H groups in total. The molecule has 0 unspecified atom stereocenters. The summed E-state index contributed by atoms with van der Waals surface area (Å²) in [6.07, 6.45) is 1.86. The number of esters is 2. The summed E-state index contributed by atoms with van der Waals surface area (Å²) < 4.78 is 10.3. The summed E-state index contributed by atoms with van der Waals surface area (Å²) in [5.74, 6) is -1.65. The molecule has 252 valence electrons. The second kappa shape index (κ2) is 21.3. The molecule has 0 atom stereocenters. The number of rotatable bonds is 18. The zero-order valence-corrected chi connectivity index (χ0v) is 26.1. The number of benzene rings is 2. The van der Waals surface area contributed by atoms with Gasteiger partial charge in [-0.3, -0.25) is 19.2 Å². The first-order valence-electron chi connectivity index (χ1n) is 14.4. The fourth-order valence-electron chi connectivity index (χ4n) is 3.72. The molecule has 46 heavy (non-hydrogen) atoms. The van der Waals surface area contributed by atoms with Crippen molar-refractivity contribution in [3.63, 3.8) is 0 Å². The van der Waals surface area contributed by atoms with Crippen molar-refractivity contribution in [3.8, 4) is 11.5 Å². The zero-order valence-electron chi connectivity index (χ0n) is 26.1. The Morgan fingerprint density at radius 2 is 1.33 bits per heavy atom. The summed E-state index contributed by atoms with van der Waals surface area (Å²) >= 11 is 0. The SMILES string of the molecule is CCCCC(=O)Oc1ccccc1C(=O)NCCO[N+](=O)[O-].CCN(CC)c1ccc(C(=O)NCCO[N+](=O)[O-])c(OC(C)=O)c1. The average Bonchev–Trinajstić information content (AvgIpc) is 3.01. The minimum Gasteiger partial charge on any atom is -0.426 e. The smallest absolute Gasteiger partial charge is 0.311 e. The average molecular weight is 650 g/mol. The third-order valence-corrected chi connectivity index (χ3v) is 5.85. The third kappa shape index (κ3) is 14.8. The van der Waals surface area contributed by atoms with Gasteiger partial charge in [-0.2, -0.15) is 0 Å². The third-order valence-electron chi connectivity index (χ3n) is 5.85. The topological polar surface area (TPSA) is 219 Å². The van der Waals surface area contributed by atoms with E-state index >= 15 is 0 Å². The Hall–Kier alpha value is -5.48. The highest BCUT2D eigenvalue weighted by molar-refractivity contribution is 5.98. The van der Waals surface area contributed by atoms with Crippen molar-refractivity contribution in [1.82, 2.24) is 10.6 Å². The van der Waals surface area contributed by atoms with Crippen LogP contribution in [0.25, 0.3) is 0 Å². The Kier molecular flexibility index (Phi) is 17.8. The summed E-state index contributed by atoms with van der Waals surface area (Å²) in [5.41, 5.74) is 1.18. The van der Waals surface area contributed by atoms with Gasteiger partial charge in [0.1, 0.15) is 24.7 Å². The molecule has 0 aromatic heterocycles. The molecule has 0 spiro atoms. The number of para-hydroxylation sites is 1. The van der Waals surface area contributed by atoms with Crippen LogP contribution in [0.5, 0.6) is 11.5 Å². The first-order chi connectivity index (χ1) is 21.9. The summed E-state index contributed by atoms with van der Waals surface area (Å²) in [5, 5.41) is 23.1. The Bertz CT molecular complexity index is 1330. The number of carbonyl (C=O) groups excluding carboxylic acids is 4. The largest absolute Gasteiger partial charge is 0.426 e. The molecule has 17 heteroatoms. The number of ether oxygens (including phenoxy) is 2. The molecule has 0 aliphatic heterocycles. The van der Waals surface area contributed by atoms with Crippen LogP contribution in [0, 0.1) is 20.2 Å². The maximum atomic E-state index is 12.2. The highest BCUT2D eigenvalue weighted by atomic mass is 17.0. The maximum absolute atomic E-state index is 12.2. The molecule has 0 fully saturated rings. The summed E-state index contributed by atoms with van der Waals surface area (Å²) in [7, 11) is 0. The van der Waals surface area contributed by atoms with Gasteiger partial charge in [0.25, 0.3) is 22.0 Å². The van der Waals surface area contributed by atoms with Crippen molar-refractivity contribution in [2.24, 2.45) is 0 Å². The van der Waals surface area contributed by atoms with E-state index in [4.69, 9.17) is 9.47 Å². The zero-order chi connectivity index (χ0) is 34.5. The molecule has 0 saturated carbocycles. The van der Waals surface area contributed by atoms with E-state index in [1.807, 2.05) is 25.7 Å². The van der Waals surface area contributed by atoms with Crippen molar-refractivity contribution in [1.29, 1.82) is 0 Å². The Labute approximate surface area is 265 Å². The quantitative estimate of drug-likeness (QED) is 0.0780. The van der Waals surface area contributed by atoms with E-state index in [1.165, 1.54) is 19.1 Å². The molecule has 0 radical (unpaired) electrons. The Balaban J connectivity index is 0.000000462. The number of amides is 2. The number of nitrogens with zero attached hydrogens (tertiary/aromatic N) is 3. The maximum Gasteiger partial charge on any atom is 0.311 e. The molecule has 0 aliphatic carbocycles. The van der Waals surface area contributed by atoms with Crippen LogP contribution >= 0.6 is 0 Å². The number of unbranched alkanes of at least 4 members (excludes halogenated alkanes) is 1. The van der Waals surface area contributed by atoms with Crippen molar-refractivity contribution in [2.45, 2.75) is 47.0 Å². The molecule has 17 nitrogen and oxygen atoms in total. The summed E-state index contributed by atoms with van der Waals surface area (Å²) in [4.78, 5) is 77.4. The molecule has 0 aliphatic rings. The van der Waals surface area contributed by atoms with E-state index in [-0.39, 0.29) is 55.4 Å². The predicted molar refractivity (Wildman–Crippen MR) is 163 cm³/mol. The predicted octanol–water partition coefficient (Wildman–Crippen LogP) is 3.12. The molecule has 2 aromatic carbocycles. The molecule has 2 aromatic rings. The van der Waals surface area contributed by atoms with Gasteiger partial charge in [-0.25, -0.2) is 0 Å². The van der Waals surface area contributed by atoms with Crippen LogP contribution in [0.2, 0.25) is 0 Å². The summed E-state index contributed by atoms with van der Waals surface area (Å²) in [6, 6.07) is 11.2. The molecule has 2 amide bonds. The van der Waals surface area contributed by atoms with Gasteiger partial charge in [0.15, 0.2) is 0 Å².